The number of carbonyl (C=O) groups excluding carboxylic acids is 1. The van der Waals surface area contributed by atoms with Gasteiger partial charge in [0.1, 0.15) is 5.75 Å². The highest BCUT2D eigenvalue weighted by Crippen LogP contribution is 2.29. The summed E-state index contributed by atoms with van der Waals surface area (Å²) >= 11 is 0. The van der Waals surface area contributed by atoms with E-state index in [1.807, 2.05) is 24.3 Å². The highest BCUT2D eigenvalue weighted by molar-refractivity contribution is 5.89. The molecule has 130 valence electrons. The topological polar surface area (TPSA) is 68.8 Å². The zero-order valence-corrected chi connectivity index (χ0v) is 14.4. The highest BCUT2D eigenvalue weighted by Gasteiger charge is 2.06. The largest absolute Gasteiger partial charge is 0.495 e. The molecule has 0 radical (unpaired) electrons. The highest BCUT2D eigenvalue weighted by atomic mass is 16.5. The first kappa shape index (κ1) is 18.0. The van der Waals surface area contributed by atoms with Crippen LogP contribution >= 0.6 is 0 Å². The number of carbonyl (C=O) groups is 1. The molecule has 6 heteroatoms. The Labute approximate surface area is 147 Å². The molecular formula is C19H20N2O4. The number of amides is 2. The van der Waals surface area contributed by atoms with E-state index in [0.29, 0.717) is 22.9 Å². The van der Waals surface area contributed by atoms with E-state index in [4.69, 9.17) is 14.2 Å². The van der Waals surface area contributed by atoms with Crippen LogP contribution in [-0.4, -0.2) is 33.9 Å². The van der Waals surface area contributed by atoms with E-state index in [9.17, 15) is 4.79 Å². The number of methoxy groups -OCH3 is 3. The van der Waals surface area contributed by atoms with Gasteiger partial charge in [-0.25, -0.2) is 4.79 Å². The molecule has 2 amide bonds. The Bertz CT molecular complexity index is 793. The molecule has 0 aliphatic carbocycles. The van der Waals surface area contributed by atoms with Crippen molar-refractivity contribution in [3.8, 4) is 29.1 Å². The maximum absolute atomic E-state index is 11.9. The van der Waals surface area contributed by atoms with Crippen molar-refractivity contribution >= 4 is 11.7 Å². The van der Waals surface area contributed by atoms with E-state index in [1.165, 1.54) is 7.11 Å². The molecule has 0 aliphatic rings. The van der Waals surface area contributed by atoms with Gasteiger partial charge in [-0.3, -0.25) is 0 Å². The molecule has 0 saturated carbocycles. The maximum atomic E-state index is 11.9. The van der Waals surface area contributed by atoms with Crippen molar-refractivity contribution in [2.45, 2.75) is 0 Å². The third-order valence-electron chi connectivity index (χ3n) is 3.31. The lowest BCUT2D eigenvalue weighted by molar-refractivity contribution is 0.253. The van der Waals surface area contributed by atoms with Crippen LogP contribution in [0.4, 0.5) is 10.5 Å². The molecule has 2 aromatic rings. The summed E-state index contributed by atoms with van der Waals surface area (Å²) in [4.78, 5) is 11.9. The predicted molar refractivity (Wildman–Crippen MR) is 96.4 cm³/mol. The van der Waals surface area contributed by atoms with Gasteiger partial charge in [0, 0.05) is 11.8 Å². The first-order valence-electron chi connectivity index (χ1n) is 7.56. The molecule has 0 bridgehead atoms. The van der Waals surface area contributed by atoms with Crippen molar-refractivity contribution < 1.29 is 19.0 Å². The van der Waals surface area contributed by atoms with E-state index >= 15 is 0 Å². The zero-order chi connectivity index (χ0) is 18.1. The number of nitrogens with one attached hydrogen (secondary N) is 2. The molecular weight excluding hydrogens is 320 g/mol. The molecule has 25 heavy (non-hydrogen) atoms. The molecule has 2 aromatic carbocycles. The molecule has 0 saturated heterocycles. The van der Waals surface area contributed by atoms with Crippen LogP contribution in [0.2, 0.25) is 0 Å². The Kier molecular flexibility index (Phi) is 6.55. The molecule has 0 aromatic heterocycles. The molecule has 0 aliphatic heterocycles. The van der Waals surface area contributed by atoms with E-state index in [0.717, 1.165) is 5.56 Å². The van der Waals surface area contributed by atoms with Crippen LogP contribution < -0.4 is 24.8 Å². The fraction of sp³-hybridized carbons (Fsp3) is 0.211. The SMILES string of the molecule is COc1ccccc1C#CCNC(=O)Nc1ccc(OC)c(OC)c1. The lowest BCUT2D eigenvalue weighted by atomic mass is 10.2. The van der Waals surface area contributed by atoms with Crippen LogP contribution in [0.3, 0.4) is 0 Å². The third kappa shape index (κ3) is 5.08. The average molecular weight is 340 g/mol. The minimum Gasteiger partial charge on any atom is -0.495 e. The van der Waals surface area contributed by atoms with Gasteiger partial charge in [0.15, 0.2) is 11.5 Å². The zero-order valence-electron chi connectivity index (χ0n) is 14.4. The van der Waals surface area contributed by atoms with Crippen LogP contribution in [0.15, 0.2) is 42.5 Å². The van der Waals surface area contributed by atoms with Crippen molar-refractivity contribution in [2.24, 2.45) is 0 Å². The van der Waals surface area contributed by atoms with Gasteiger partial charge in [-0.05, 0) is 24.3 Å². The number of ether oxygens (including phenoxy) is 3. The second-order valence-electron chi connectivity index (χ2n) is 4.88. The number of benzene rings is 2. The standard InChI is InChI=1S/C19H20N2O4/c1-23-16-9-5-4-7-14(16)8-6-12-20-19(22)21-15-10-11-17(24-2)18(13-15)25-3/h4-5,7,9-11,13H,12H2,1-3H3,(H2,20,21,22). The Balaban J connectivity index is 1.90. The molecule has 6 nitrogen and oxygen atoms in total. The number of urea groups is 1. The van der Waals surface area contributed by atoms with Gasteiger partial charge in [0.05, 0.1) is 33.4 Å². The van der Waals surface area contributed by atoms with Gasteiger partial charge in [-0.1, -0.05) is 24.0 Å². The smallest absolute Gasteiger partial charge is 0.319 e. The Morgan fingerprint density at radius 2 is 1.68 bits per heavy atom. The van der Waals surface area contributed by atoms with Gasteiger partial charge in [0.25, 0.3) is 0 Å². The second-order valence-corrected chi connectivity index (χ2v) is 4.88. The number of hydrogen-bond donors (Lipinski definition) is 2. The summed E-state index contributed by atoms with van der Waals surface area (Å²) in [6, 6.07) is 12.2. The van der Waals surface area contributed by atoms with Gasteiger partial charge >= 0.3 is 6.03 Å². The monoisotopic (exact) mass is 340 g/mol. The number of hydrogen-bond acceptors (Lipinski definition) is 4. The molecule has 0 fully saturated rings. The first-order chi connectivity index (χ1) is 12.2. The third-order valence-corrected chi connectivity index (χ3v) is 3.31. The van der Waals surface area contributed by atoms with Gasteiger partial charge in [-0.15, -0.1) is 0 Å². The minimum absolute atomic E-state index is 0.206. The van der Waals surface area contributed by atoms with Crippen molar-refractivity contribution in [3.63, 3.8) is 0 Å². The minimum atomic E-state index is -0.360. The summed E-state index contributed by atoms with van der Waals surface area (Å²) in [6.07, 6.45) is 0. The van der Waals surface area contributed by atoms with Crippen molar-refractivity contribution in [1.29, 1.82) is 0 Å². The first-order valence-corrected chi connectivity index (χ1v) is 7.56. The van der Waals surface area contributed by atoms with Crippen molar-refractivity contribution in [3.05, 3.63) is 48.0 Å². The quantitative estimate of drug-likeness (QED) is 0.821. The summed E-state index contributed by atoms with van der Waals surface area (Å²) in [6.45, 7) is 0.206. The molecule has 0 spiro atoms. The lowest BCUT2D eigenvalue weighted by Gasteiger charge is -2.10. The molecule has 0 heterocycles. The summed E-state index contributed by atoms with van der Waals surface area (Å²) in [5.74, 6) is 7.68. The van der Waals surface area contributed by atoms with Crippen LogP contribution in [0.5, 0.6) is 17.2 Å². The van der Waals surface area contributed by atoms with E-state index in [2.05, 4.69) is 22.5 Å². The molecule has 0 unspecified atom stereocenters. The average Bonchev–Trinajstić information content (AvgIpc) is 2.65. The van der Waals surface area contributed by atoms with Crippen LogP contribution in [-0.2, 0) is 0 Å². The van der Waals surface area contributed by atoms with Gasteiger partial charge in [-0.2, -0.15) is 0 Å². The van der Waals surface area contributed by atoms with Crippen LogP contribution in [0, 0.1) is 11.8 Å². The molecule has 2 N–H and O–H groups in total. The van der Waals surface area contributed by atoms with E-state index in [1.54, 1.807) is 32.4 Å². The second kappa shape index (κ2) is 9.08. The normalized spacial score (nSPS) is 9.40. The van der Waals surface area contributed by atoms with Crippen molar-refractivity contribution in [2.75, 3.05) is 33.2 Å². The Morgan fingerprint density at radius 1 is 0.960 bits per heavy atom. The van der Waals surface area contributed by atoms with Gasteiger partial charge in [0.2, 0.25) is 0 Å². The van der Waals surface area contributed by atoms with E-state index < -0.39 is 0 Å². The van der Waals surface area contributed by atoms with E-state index in [-0.39, 0.29) is 12.6 Å². The number of anilines is 1. The lowest BCUT2D eigenvalue weighted by Crippen LogP contribution is -2.28. The van der Waals surface area contributed by atoms with Crippen molar-refractivity contribution in [1.82, 2.24) is 5.32 Å². The summed E-state index contributed by atoms with van der Waals surface area (Å²) in [5.41, 5.74) is 1.36. The van der Waals surface area contributed by atoms with Crippen LogP contribution in [0.1, 0.15) is 5.56 Å². The number of rotatable bonds is 5. The Hall–Kier alpha value is -3.33. The maximum Gasteiger partial charge on any atom is 0.319 e. The Morgan fingerprint density at radius 3 is 2.40 bits per heavy atom. The molecule has 0 atom stereocenters. The fourth-order valence-electron chi connectivity index (χ4n) is 2.10. The summed E-state index contributed by atoms with van der Waals surface area (Å²) < 4.78 is 15.6. The summed E-state index contributed by atoms with van der Waals surface area (Å²) in [7, 11) is 4.68. The molecule has 2 rings (SSSR count). The fourth-order valence-corrected chi connectivity index (χ4v) is 2.10. The number of para-hydroxylation sites is 1. The van der Waals surface area contributed by atoms with Gasteiger partial charge < -0.3 is 24.8 Å². The van der Waals surface area contributed by atoms with Crippen LogP contribution in [0.25, 0.3) is 0 Å². The predicted octanol–water partition coefficient (Wildman–Crippen LogP) is 2.89. The summed E-state index contributed by atoms with van der Waals surface area (Å²) in [5, 5.41) is 5.38.